The summed E-state index contributed by atoms with van der Waals surface area (Å²) in [5.74, 6) is 0.477. The molecule has 0 amide bonds. The van der Waals surface area contributed by atoms with Gasteiger partial charge >= 0.3 is 0 Å². The Bertz CT molecular complexity index is 999. The largest absolute Gasteiger partial charge is 0.369 e. The van der Waals surface area contributed by atoms with Crippen LogP contribution in [0.1, 0.15) is 22.5 Å². The van der Waals surface area contributed by atoms with E-state index in [9.17, 15) is 4.79 Å². The molecule has 0 bridgehead atoms. The van der Waals surface area contributed by atoms with E-state index in [4.69, 9.17) is 0 Å². The maximum absolute atomic E-state index is 13.4. The Morgan fingerprint density at radius 2 is 1.64 bits per heavy atom. The predicted octanol–water partition coefficient (Wildman–Crippen LogP) is 3.75. The van der Waals surface area contributed by atoms with Crippen molar-refractivity contribution in [3.05, 3.63) is 65.9 Å². The zero-order valence-corrected chi connectivity index (χ0v) is 16.5. The van der Waals surface area contributed by atoms with Gasteiger partial charge in [-0.1, -0.05) is 36.4 Å². The van der Waals surface area contributed by atoms with Crippen molar-refractivity contribution in [3.8, 4) is 0 Å². The standard InChI is InChI=1S/C24H27N3O/c1-25-21-10-6-5-9-20(21)23-22(25)12-11-18(24(23)28)17-26-13-15-27(16-14-26)19-7-3-2-4-8-19/h2-10,18H,11-17H2,1H3. The van der Waals surface area contributed by atoms with E-state index >= 15 is 0 Å². The number of para-hydroxylation sites is 2. The fraction of sp³-hybridized carbons (Fsp3) is 0.375. The summed E-state index contributed by atoms with van der Waals surface area (Å²) in [6.07, 6.45) is 1.97. The fourth-order valence-electron chi connectivity index (χ4n) is 4.97. The van der Waals surface area contributed by atoms with Gasteiger partial charge < -0.3 is 9.47 Å². The molecule has 28 heavy (non-hydrogen) atoms. The molecule has 0 N–H and O–H groups in total. The molecule has 144 valence electrons. The molecule has 2 aromatic carbocycles. The molecule has 4 nitrogen and oxygen atoms in total. The van der Waals surface area contributed by atoms with E-state index < -0.39 is 0 Å². The van der Waals surface area contributed by atoms with Crippen LogP contribution in [0.2, 0.25) is 0 Å². The zero-order chi connectivity index (χ0) is 19.1. The van der Waals surface area contributed by atoms with E-state index in [1.54, 1.807) is 0 Å². The Hall–Kier alpha value is -2.59. The average Bonchev–Trinajstić information content (AvgIpc) is 3.04. The lowest BCUT2D eigenvalue weighted by atomic mass is 9.84. The van der Waals surface area contributed by atoms with Crippen molar-refractivity contribution < 1.29 is 4.79 Å². The minimum atomic E-state index is 0.126. The highest BCUT2D eigenvalue weighted by molar-refractivity contribution is 6.11. The number of aromatic nitrogens is 1. The van der Waals surface area contributed by atoms with Gasteiger partial charge in [0.25, 0.3) is 0 Å². The fourth-order valence-corrected chi connectivity index (χ4v) is 4.97. The van der Waals surface area contributed by atoms with Crippen LogP contribution in [-0.4, -0.2) is 48.0 Å². The van der Waals surface area contributed by atoms with Crippen LogP contribution in [0.15, 0.2) is 54.6 Å². The molecule has 3 aromatic rings. The molecule has 1 unspecified atom stereocenters. The van der Waals surface area contributed by atoms with Crippen molar-refractivity contribution in [1.82, 2.24) is 9.47 Å². The summed E-state index contributed by atoms with van der Waals surface area (Å²) in [7, 11) is 2.09. The van der Waals surface area contributed by atoms with Crippen LogP contribution in [-0.2, 0) is 13.5 Å². The first kappa shape index (κ1) is 17.5. The highest BCUT2D eigenvalue weighted by atomic mass is 16.1. The number of carbonyl (C=O) groups is 1. The molecule has 0 spiro atoms. The summed E-state index contributed by atoms with van der Waals surface area (Å²) in [5, 5.41) is 1.13. The molecule has 1 fully saturated rings. The second-order valence-electron chi connectivity index (χ2n) is 8.12. The summed E-state index contributed by atoms with van der Waals surface area (Å²) in [5.41, 5.74) is 4.68. The van der Waals surface area contributed by atoms with E-state index in [1.807, 2.05) is 6.07 Å². The topological polar surface area (TPSA) is 28.5 Å². The third kappa shape index (κ3) is 2.92. The number of aryl methyl sites for hydroxylation is 1. The third-order valence-corrected chi connectivity index (χ3v) is 6.55. The van der Waals surface area contributed by atoms with Crippen LogP contribution in [0.4, 0.5) is 5.69 Å². The van der Waals surface area contributed by atoms with E-state index in [0.717, 1.165) is 56.5 Å². The number of hydrogen-bond acceptors (Lipinski definition) is 3. The van der Waals surface area contributed by atoms with E-state index in [0.29, 0.717) is 5.78 Å². The van der Waals surface area contributed by atoms with Gasteiger partial charge in [0.1, 0.15) is 0 Å². The van der Waals surface area contributed by atoms with Crippen LogP contribution >= 0.6 is 0 Å². The van der Waals surface area contributed by atoms with Gasteiger partial charge in [-0.25, -0.2) is 0 Å². The second-order valence-corrected chi connectivity index (χ2v) is 8.12. The maximum Gasteiger partial charge on any atom is 0.169 e. The van der Waals surface area contributed by atoms with Crippen LogP contribution in [0.25, 0.3) is 10.9 Å². The lowest BCUT2D eigenvalue weighted by Gasteiger charge is -2.38. The van der Waals surface area contributed by atoms with Crippen LogP contribution in [0, 0.1) is 5.92 Å². The first-order valence-corrected chi connectivity index (χ1v) is 10.4. The van der Waals surface area contributed by atoms with Gasteiger partial charge in [0, 0.05) is 73.5 Å². The second kappa shape index (κ2) is 7.10. The number of ketones is 1. The lowest BCUT2D eigenvalue weighted by molar-refractivity contribution is 0.0855. The molecule has 5 rings (SSSR count). The molecule has 1 aliphatic carbocycles. The highest BCUT2D eigenvalue weighted by Crippen LogP contribution is 2.34. The lowest BCUT2D eigenvalue weighted by Crippen LogP contribution is -2.49. The SMILES string of the molecule is Cn1c2c(c3ccccc31)C(=O)C(CN1CCN(c3ccccc3)CC1)CC2. The monoisotopic (exact) mass is 373 g/mol. The van der Waals surface area contributed by atoms with Gasteiger partial charge in [0.15, 0.2) is 5.78 Å². The van der Waals surface area contributed by atoms with Gasteiger partial charge in [-0.15, -0.1) is 0 Å². The Morgan fingerprint density at radius 3 is 2.43 bits per heavy atom. The summed E-state index contributed by atoms with van der Waals surface area (Å²) in [4.78, 5) is 18.3. The molecule has 1 aromatic heterocycles. The Balaban J connectivity index is 1.29. The Morgan fingerprint density at radius 1 is 0.929 bits per heavy atom. The smallest absolute Gasteiger partial charge is 0.169 e. The molecular weight excluding hydrogens is 346 g/mol. The summed E-state index contributed by atoms with van der Waals surface area (Å²) in [6, 6.07) is 19.0. The van der Waals surface area contributed by atoms with Gasteiger partial charge in [-0.3, -0.25) is 9.69 Å². The summed E-state index contributed by atoms with van der Waals surface area (Å²) in [6.45, 7) is 5.02. The highest BCUT2D eigenvalue weighted by Gasteiger charge is 2.33. The summed E-state index contributed by atoms with van der Waals surface area (Å²) < 4.78 is 2.22. The number of hydrogen-bond donors (Lipinski definition) is 0. The first-order valence-electron chi connectivity index (χ1n) is 10.4. The summed E-state index contributed by atoms with van der Waals surface area (Å²) >= 11 is 0. The molecule has 0 saturated carbocycles. The molecule has 1 saturated heterocycles. The van der Waals surface area contributed by atoms with Gasteiger partial charge in [-0.2, -0.15) is 0 Å². The van der Waals surface area contributed by atoms with Crippen LogP contribution in [0.5, 0.6) is 0 Å². The van der Waals surface area contributed by atoms with Crippen LogP contribution < -0.4 is 4.90 Å². The molecule has 1 atom stereocenters. The maximum atomic E-state index is 13.4. The molecule has 0 radical (unpaired) electrons. The number of fused-ring (bicyclic) bond motifs is 3. The number of Topliss-reactive ketones (excluding diaryl/α,β-unsaturated/α-hetero) is 1. The van der Waals surface area contributed by atoms with Gasteiger partial charge in [-0.05, 0) is 31.0 Å². The number of anilines is 1. The van der Waals surface area contributed by atoms with Crippen molar-refractivity contribution in [2.75, 3.05) is 37.6 Å². The molecule has 2 aliphatic rings. The van der Waals surface area contributed by atoms with Crippen molar-refractivity contribution in [3.63, 3.8) is 0 Å². The molecule has 2 heterocycles. The Kier molecular flexibility index (Phi) is 4.44. The Labute approximate surface area is 166 Å². The minimum Gasteiger partial charge on any atom is -0.369 e. The third-order valence-electron chi connectivity index (χ3n) is 6.55. The molecule has 1 aliphatic heterocycles. The number of rotatable bonds is 3. The van der Waals surface area contributed by atoms with Crippen LogP contribution in [0.3, 0.4) is 0 Å². The van der Waals surface area contributed by atoms with Crippen molar-refractivity contribution in [1.29, 1.82) is 0 Å². The molecule has 4 heteroatoms. The number of piperazine rings is 1. The average molecular weight is 374 g/mol. The van der Waals surface area contributed by atoms with Crippen molar-refractivity contribution in [2.45, 2.75) is 12.8 Å². The first-order chi connectivity index (χ1) is 13.7. The zero-order valence-electron chi connectivity index (χ0n) is 16.5. The van der Waals surface area contributed by atoms with Crippen molar-refractivity contribution >= 4 is 22.4 Å². The van der Waals surface area contributed by atoms with E-state index in [1.165, 1.54) is 16.9 Å². The molecular formula is C24H27N3O. The quantitative estimate of drug-likeness (QED) is 0.700. The predicted molar refractivity (Wildman–Crippen MR) is 114 cm³/mol. The number of benzene rings is 2. The number of carbonyl (C=O) groups excluding carboxylic acids is 1. The van der Waals surface area contributed by atoms with E-state index in [2.05, 4.69) is 69.9 Å². The minimum absolute atomic E-state index is 0.126. The number of nitrogens with zero attached hydrogens (tertiary/aromatic N) is 3. The van der Waals surface area contributed by atoms with Gasteiger partial charge in [0.05, 0.1) is 0 Å². The van der Waals surface area contributed by atoms with E-state index in [-0.39, 0.29) is 5.92 Å². The van der Waals surface area contributed by atoms with Gasteiger partial charge in [0.2, 0.25) is 0 Å². The van der Waals surface area contributed by atoms with Crippen molar-refractivity contribution in [2.24, 2.45) is 13.0 Å². The normalized spacial score (nSPS) is 20.5.